The maximum Gasteiger partial charge on any atom is 0.119 e. The van der Waals surface area contributed by atoms with E-state index >= 15 is 0 Å². The van der Waals surface area contributed by atoms with Gasteiger partial charge in [-0.3, -0.25) is 0 Å². The quantitative estimate of drug-likeness (QED) is 0.0981. The van der Waals surface area contributed by atoms with E-state index in [2.05, 4.69) is 69.3 Å². The Morgan fingerprint density at radius 2 is 0.898 bits per heavy atom. The molecule has 2 fully saturated rings. The summed E-state index contributed by atoms with van der Waals surface area (Å²) >= 11 is 0. The van der Waals surface area contributed by atoms with E-state index in [-0.39, 0.29) is 6.10 Å². The van der Waals surface area contributed by atoms with Crippen LogP contribution < -0.4 is 9.47 Å². The van der Waals surface area contributed by atoms with E-state index in [4.69, 9.17) is 18.9 Å². The largest absolute Gasteiger partial charge is 0.494 e. The van der Waals surface area contributed by atoms with E-state index < -0.39 is 0 Å². The van der Waals surface area contributed by atoms with Crippen molar-refractivity contribution in [2.75, 3.05) is 19.8 Å². The monoisotopic (exact) mass is 677 g/mol. The second-order valence-electron chi connectivity index (χ2n) is 15.7. The van der Waals surface area contributed by atoms with Gasteiger partial charge in [-0.1, -0.05) is 141 Å². The summed E-state index contributed by atoms with van der Waals surface area (Å²) in [5.41, 5.74) is 2.33. The van der Waals surface area contributed by atoms with Crippen LogP contribution in [0.5, 0.6) is 11.5 Å². The highest BCUT2D eigenvalue weighted by atomic mass is 16.5. The van der Waals surface area contributed by atoms with E-state index in [0.717, 1.165) is 72.4 Å². The SMILES string of the molecule is CCCCCC1CCC(CCCOc2ccc(COCC(C)OCc3ccc(OCCCC4CCC(CCCCC)CC4)cc3)cc2)CC1. The Hall–Kier alpha value is -2.04. The molecule has 276 valence electrons. The standard InChI is InChI=1S/C45H72O4/c1-4-6-8-12-38-16-20-40(21-17-38)14-10-32-47-44-28-24-42(25-29-44)35-46-34-37(3)49-36-43-26-30-45(31-27-43)48-33-11-15-41-22-18-39(19-23-41)13-9-7-5-2/h24-31,37-41H,4-23,32-36H2,1-3H3. The van der Waals surface area contributed by atoms with Crippen LogP contribution in [0, 0.1) is 23.7 Å². The summed E-state index contributed by atoms with van der Waals surface area (Å²) in [6.07, 6.45) is 27.8. The van der Waals surface area contributed by atoms with E-state index in [1.165, 1.54) is 116 Å². The van der Waals surface area contributed by atoms with Gasteiger partial charge in [0, 0.05) is 0 Å². The molecule has 4 nitrogen and oxygen atoms in total. The molecular formula is C45H72O4. The third kappa shape index (κ3) is 16.7. The number of unbranched alkanes of at least 4 members (excludes halogenated alkanes) is 4. The van der Waals surface area contributed by atoms with E-state index in [1.807, 2.05) is 0 Å². The highest BCUT2D eigenvalue weighted by Gasteiger charge is 2.21. The Kier molecular flexibility index (Phi) is 19.6. The zero-order chi connectivity index (χ0) is 34.4. The van der Waals surface area contributed by atoms with Gasteiger partial charge in [0.05, 0.1) is 39.1 Å². The predicted octanol–water partition coefficient (Wildman–Crippen LogP) is 12.9. The second-order valence-corrected chi connectivity index (χ2v) is 15.7. The fraction of sp³-hybridized carbons (Fsp3) is 0.733. The number of hydrogen-bond acceptors (Lipinski definition) is 4. The van der Waals surface area contributed by atoms with Gasteiger partial charge in [-0.15, -0.1) is 0 Å². The highest BCUT2D eigenvalue weighted by Crippen LogP contribution is 2.35. The molecule has 4 heteroatoms. The van der Waals surface area contributed by atoms with Crippen molar-refractivity contribution in [1.29, 1.82) is 0 Å². The molecule has 2 aliphatic carbocycles. The molecular weight excluding hydrogens is 604 g/mol. The van der Waals surface area contributed by atoms with Gasteiger partial charge in [0.1, 0.15) is 11.5 Å². The van der Waals surface area contributed by atoms with Gasteiger partial charge in [0.15, 0.2) is 0 Å². The first-order valence-electron chi connectivity index (χ1n) is 20.7. The number of rotatable bonds is 25. The minimum atomic E-state index is 0.0287. The van der Waals surface area contributed by atoms with Gasteiger partial charge in [-0.2, -0.15) is 0 Å². The molecule has 0 spiro atoms. The van der Waals surface area contributed by atoms with Gasteiger partial charge in [-0.05, 0) is 91.7 Å². The van der Waals surface area contributed by atoms with Crippen LogP contribution >= 0.6 is 0 Å². The van der Waals surface area contributed by atoms with E-state index in [9.17, 15) is 0 Å². The second kappa shape index (κ2) is 24.2. The molecule has 0 N–H and O–H groups in total. The molecule has 49 heavy (non-hydrogen) atoms. The molecule has 2 aliphatic rings. The molecule has 0 heterocycles. The average molecular weight is 677 g/mol. The molecule has 2 aromatic rings. The lowest BCUT2D eigenvalue weighted by atomic mass is 9.78. The number of hydrogen-bond donors (Lipinski definition) is 0. The first-order chi connectivity index (χ1) is 24.1. The molecule has 0 saturated heterocycles. The molecule has 0 aliphatic heterocycles. The van der Waals surface area contributed by atoms with Crippen molar-refractivity contribution in [3.05, 3.63) is 59.7 Å². The van der Waals surface area contributed by atoms with Crippen LogP contribution in [0.1, 0.15) is 160 Å². The number of benzene rings is 2. The summed E-state index contributed by atoms with van der Waals surface area (Å²) in [6, 6.07) is 16.8. The molecule has 0 radical (unpaired) electrons. The maximum absolute atomic E-state index is 6.06. The average Bonchev–Trinajstić information content (AvgIpc) is 3.13. The molecule has 2 aromatic carbocycles. The van der Waals surface area contributed by atoms with Gasteiger partial charge < -0.3 is 18.9 Å². The molecule has 1 unspecified atom stereocenters. The van der Waals surface area contributed by atoms with Crippen LogP contribution in [0.25, 0.3) is 0 Å². The highest BCUT2D eigenvalue weighted by molar-refractivity contribution is 5.27. The van der Waals surface area contributed by atoms with E-state index in [0.29, 0.717) is 19.8 Å². The summed E-state index contributed by atoms with van der Waals surface area (Å²) in [6.45, 7) is 10.1. The summed E-state index contributed by atoms with van der Waals surface area (Å²) in [7, 11) is 0. The van der Waals surface area contributed by atoms with Crippen molar-refractivity contribution in [2.45, 2.75) is 169 Å². The van der Waals surface area contributed by atoms with Crippen LogP contribution in [0.15, 0.2) is 48.5 Å². The van der Waals surface area contributed by atoms with Crippen molar-refractivity contribution in [3.8, 4) is 11.5 Å². The zero-order valence-corrected chi connectivity index (χ0v) is 31.8. The lowest BCUT2D eigenvalue weighted by Crippen LogP contribution is -2.16. The van der Waals surface area contributed by atoms with Crippen molar-refractivity contribution in [3.63, 3.8) is 0 Å². The fourth-order valence-electron chi connectivity index (χ4n) is 8.10. The third-order valence-corrected chi connectivity index (χ3v) is 11.4. The van der Waals surface area contributed by atoms with Crippen LogP contribution in [-0.4, -0.2) is 25.9 Å². The Bertz CT molecular complexity index is 1070. The van der Waals surface area contributed by atoms with Crippen LogP contribution in [0.4, 0.5) is 0 Å². The smallest absolute Gasteiger partial charge is 0.119 e. The minimum Gasteiger partial charge on any atom is -0.494 e. The lowest BCUT2D eigenvalue weighted by Gasteiger charge is -2.28. The first-order valence-corrected chi connectivity index (χ1v) is 20.7. The Balaban J connectivity index is 0.977. The van der Waals surface area contributed by atoms with Crippen molar-refractivity contribution in [1.82, 2.24) is 0 Å². The Morgan fingerprint density at radius 3 is 1.31 bits per heavy atom. The van der Waals surface area contributed by atoms with Crippen molar-refractivity contribution < 1.29 is 18.9 Å². The van der Waals surface area contributed by atoms with Crippen molar-refractivity contribution >= 4 is 0 Å². The molecule has 0 amide bonds. The molecule has 4 rings (SSSR count). The van der Waals surface area contributed by atoms with Crippen LogP contribution in [0.3, 0.4) is 0 Å². The Morgan fingerprint density at radius 1 is 0.510 bits per heavy atom. The summed E-state index contributed by atoms with van der Waals surface area (Å²) in [5.74, 6) is 5.75. The van der Waals surface area contributed by atoms with Gasteiger partial charge in [0.25, 0.3) is 0 Å². The normalized spacial score (nSPS) is 21.8. The van der Waals surface area contributed by atoms with Crippen LogP contribution in [0.2, 0.25) is 0 Å². The Labute approximate surface area is 301 Å². The topological polar surface area (TPSA) is 36.9 Å². The maximum atomic E-state index is 6.06. The predicted molar refractivity (Wildman–Crippen MR) is 205 cm³/mol. The minimum absolute atomic E-state index is 0.0287. The van der Waals surface area contributed by atoms with Gasteiger partial charge in [0.2, 0.25) is 0 Å². The molecule has 1 atom stereocenters. The summed E-state index contributed by atoms with van der Waals surface area (Å²) in [4.78, 5) is 0. The van der Waals surface area contributed by atoms with Gasteiger partial charge >= 0.3 is 0 Å². The summed E-state index contributed by atoms with van der Waals surface area (Å²) in [5, 5.41) is 0. The zero-order valence-electron chi connectivity index (χ0n) is 31.8. The fourth-order valence-corrected chi connectivity index (χ4v) is 8.10. The molecule has 2 saturated carbocycles. The van der Waals surface area contributed by atoms with E-state index in [1.54, 1.807) is 0 Å². The first kappa shape index (κ1) is 39.7. The van der Waals surface area contributed by atoms with Crippen LogP contribution in [-0.2, 0) is 22.7 Å². The molecule has 0 aromatic heterocycles. The summed E-state index contributed by atoms with van der Waals surface area (Å²) < 4.78 is 24.1. The van der Waals surface area contributed by atoms with Gasteiger partial charge in [-0.25, -0.2) is 0 Å². The number of ether oxygens (including phenoxy) is 4. The lowest BCUT2D eigenvalue weighted by molar-refractivity contribution is -0.0198. The van der Waals surface area contributed by atoms with Crippen molar-refractivity contribution in [2.24, 2.45) is 23.7 Å². The molecule has 0 bridgehead atoms. The third-order valence-electron chi connectivity index (χ3n) is 11.4.